The van der Waals surface area contributed by atoms with Crippen molar-refractivity contribution in [3.8, 4) is 11.1 Å². The van der Waals surface area contributed by atoms with Crippen molar-refractivity contribution >= 4 is 65.1 Å². The fourth-order valence-electron chi connectivity index (χ4n) is 8.31. The highest BCUT2D eigenvalue weighted by molar-refractivity contribution is 7.89. The molecule has 4 N–H and O–H groups in total. The Kier molecular flexibility index (Phi) is 10.3. The van der Waals surface area contributed by atoms with E-state index in [2.05, 4.69) is 74.0 Å². The molecule has 9 rings (SSSR count). The second-order valence-corrected chi connectivity index (χ2v) is 18.9. The van der Waals surface area contributed by atoms with Crippen LogP contribution in [0.25, 0.3) is 32.9 Å². The van der Waals surface area contributed by atoms with Gasteiger partial charge in [-0.1, -0.05) is 102 Å². The molecule has 0 amide bonds. The highest BCUT2D eigenvalue weighted by Gasteiger charge is 2.30. The third kappa shape index (κ3) is 7.36. The Labute approximate surface area is 347 Å². The second-order valence-electron chi connectivity index (χ2n) is 14.5. The van der Waals surface area contributed by atoms with Gasteiger partial charge in [0, 0.05) is 56.3 Å². The number of halogens is 2. The number of rotatable bonds is 13. The zero-order valence-corrected chi connectivity index (χ0v) is 34.2. The summed E-state index contributed by atoms with van der Waals surface area (Å²) in [6.07, 6.45) is 1.61. The van der Waals surface area contributed by atoms with E-state index in [9.17, 15) is 16.8 Å². The summed E-state index contributed by atoms with van der Waals surface area (Å²) in [4.78, 5) is 7.83. The zero-order chi connectivity index (χ0) is 40.0. The number of aromatic amines is 2. The maximum Gasteiger partial charge on any atom is 0.240 e. The molecule has 6 aromatic carbocycles. The predicted octanol–water partition coefficient (Wildman–Crippen LogP) is 9.75. The van der Waals surface area contributed by atoms with Crippen molar-refractivity contribution in [2.45, 2.75) is 35.0 Å². The lowest BCUT2D eigenvalue weighted by Gasteiger charge is -2.21. The zero-order valence-electron chi connectivity index (χ0n) is 31.1. The van der Waals surface area contributed by atoms with Gasteiger partial charge in [0.25, 0.3) is 0 Å². The summed E-state index contributed by atoms with van der Waals surface area (Å²) in [7, 11) is -7.62. The molecule has 2 aromatic heterocycles. The third-order valence-electron chi connectivity index (χ3n) is 11.0. The van der Waals surface area contributed by atoms with Gasteiger partial charge in [-0.15, -0.1) is 0 Å². The monoisotopic (exact) mass is 844 g/mol. The molecule has 0 spiro atoms. The SMILES string of the molecule is O=S(=O)(NCCc1c(C(c2ccc3c(c2)Cc2ccccc2-3)c2[nH]c3ccccc3c2CCNS(=O)(=O)c2ccc(Cl)cc2)[nH]c2ccccc12)c1ccc(Cl)cc1. The molecular weight excluding hydrogens is 808 g/mol. The second kappa shape index (κ2) is 15.5. The smallest absolute Gasteiger partial charge is 0.240 e. The molecule has 0 saturated carbocycles. The first-order valence-corrected chi connectivity index (χ1v) is 22.7. The molecule has 0 aliphatic heterocycles. The first-order chi connectivity index (χ1) is 28.1. The lowest BCUT2D eigenvalue weighted by molar-refractivity contribution is 0.580. The minimum absolute atomic E-state index is 0.141. The number of nitrogens with one attached hydrogen (secondary N) is 4. The van der Waals surface area contributed by atoms with Crippen molar-refractivity contribution in [3.63, 3.8) is 0 Å². The quantitative estimate of drug-likeness (QED) is 0.0923. The Morgan fingerprint density at radius 2 is 1.00 bits per heavy atom. The van der Waals surface area contributed by atoms with Crippen LogP contribution in [0.4, 0.5) is 0 Å². The van der Waals surface area contributed by atoms with Crippen molar-refractivity contribution in [3.05, 3.63) is 189 Å². The Morgan fingerprint density at radius 3 is 1.53 bits per heavy atom. The first kappa shape index (κ1) is 38.3. The Hall–Kier alpha value is -5.20. The van der Waals surface area contributed by atoms with Crippen molar-refractivity contribution in [2.75, 3.05) is 13.1 Å². The van der Waals surface area contributed by atoms with Gasteiger partial charge in [0.2, 0.25) is 20.0 Å². The summed E-state index contributed by atoms with van der Waals surface area (Å²) < 4.78 is 59.2. The van der Waals surface area contributed by atoms with Crippen LogP contribution >= 0.6 is 23.2 Å². The maximum atomic E-state index is 13.4. The number of benzene rings is 6. The van der Waals surface area contributed by atoms with E-state index in [1.165, 1.54) is 46.5 Å². The molecule has 292 valence electrons. The Morgan fingerprint density at radius 1 is 0.534 bits per heavy atom. The van der Waals surface area contributed by atoms with Crippen LogP contribution in [-0.4, -0.2) is 39.9 Å². The van der Waals surface area contributed by atoms with Gasteiger partial charge in [-0.2, -0.15) is 0 Å². The third-order valence-corrected chi connectivity index (χ3v) is 14.5. The van der Waals surface area contributed by atoms with E-state index < -0.39 is 20.0 Å². The molecule has 0 fully saturated rings. The Bertz CT molecular complexity index is 2890. The molecule has 0 bridgehead atoms. The summed E-state index contributed by atoms with van der Waals surface area (Å²) in [6, 6.07) is 43.5. The Balaban J connectivity index is 1.15. The van der Waals surface area contributed by atoms with E-state index in [-0.39, 0.29) is 28.8 Å². The number of aromatic nitrogens is 2. The van der Waals surface area contributed by atoms with Gasteiger partial charge in [-0.05, 0) is 119 Å². The van der Waals surface area contributed by atoms with Crippen LogP contribution in [0.3, 0.4) is 0 Å². The number of hydrogen-bond donors (Lipinski definition) is 4. The van der Waals surface area contributed by atoms with Gasteiger partial charge in [0.15, 0.2) is 0 Å². The van der Waals surface area contributed by atoms with Crippen molar-refractivity contribution in [2.24, 2.45) is 0 Å². The lowest BCUT2D eigenvalue weighted by atomic mass is 9.85. The number of hydrogen-bond acceptors (Lipinski definition) is 4. The van der Waals surface area contributed by atoms with Crippen LogP contribution in [-0.2, 0) is 39.3 Å². The molecule has 8 nitrogen and oxygen atoms in total. The van der Waals surface area contributed by atoms with Gasteiger partial charge in [0.1, 0.15) is 0 Å². The number of sulfonamides is 2. The largest absolute Gasteiger partial charge is 0.357 e. The fraction of sp³-hybridized carbons (Fsp3) is 0.130. The van der Waals surface area contributed by atoms with Crippen molar-refractivity contribution in [1.29, 1.82) is 0 Å². The van der Waals surface area contributed by atoms with Crippen LogP contribution in [0.1, 0.15) is 45.1 Å². The highest BCUT2D eigenvalue weighted by atomic mass is 35.5. The molecule has 1 aliphatic rings. The average molecular weight is 846 g/mol. The van der Waals surface area contributed by atoms with Crippen LogP contribution in [0.2, 0.25) is 10.0 Å². The molecule has 0 radical (unpaired) electrons. The molecule has 0 unspecified atom stereocenters. The van der Waals surface area contributed by atoms with Gasteiger partial charge in [0.05, 0.1) is 15.7 Å². The number of para-hydroxylation sites is 2. The predicted molar refractivity (Wildman–Crippen MR) is 233 cm³/mol. The molecular formula is C46H38Cl2N4O4S2. The summed E-state index contributed by atoms with van der Waals surface area (Å²) >= 11 is 12.1. The fourth-order valence-corrected chi connectivity index (χ4v) is 10.6. The van der Waals surface area contributed by atoms with Gasteiger partial charge < -0.3 is 9.97 Å². The minimum atomic E-state index is -3.81. The van der Waals surface area contributed by atoms with Crippen molar-refractivity contribution in [1.82, 2.24) is 19.4 Å². The van der Waals surface area contributed by atoms with Gasteiger partial charge in [-0.3, -0.25) is 0 Å². The molecule has 1 aliphatic carbocycles. The molecule has 12 heteroatoms. The summed E-state index contributed by atoms with van der Waals surface area (Å²) in [5, 5.41) is 2.91. The molecule has 8 aromatic rings. The van der Waals surface area contributed by atoms with Crippen LogP contribution in [0.5, 0.6) is 0 Å². The standard InChI is InChI=1S/C46H38Cl2N4O4S2/c47-32-14-18-34(19-15-32)57(53,54)49-25-23-40-38-9-3-5-11-42(38)51-45(40)44(30-13-22-37-31(28-30)27-29-7-1-2-8-36(29)37)46-41(39-10-4-6-12-43(39)52-46)24-26-50-58(55,56)35-20-16-33(48)17-21-35/h1-22,28,44,49-52H,23-27H2. The maximum absolute atomic E-state index is 13.4. The topological polar surface area (TPSA) is 124 Å². The van der Waals surface area contributed by atoms with Gasteiger partial charge >= 0.3 is 0 Å². The average Bonchev–Trinajstić information content (AvgIpc) is 3.90. The number of fused-ring (bicyclic) bond motifs is 5. The minimum Gasteiger partial charge on any atom is -0.357 e. The van der Waals surface area contributed by atoms with E-state index in [1.807, 2.05) is 36.4 Å². The van der Waals surface area contributed by atoms with E-state index in [0.29, 0.717) is 22.9 Å². The van der Waals surface area contributed by atoms with Crippen LogP contribution < -0.4 is 9.44 Å². The van der Waals surface area contributed by atoms with E-state index >= 15 is 0 Å². The van der Waals surface area contributed by atoms with E-state index in [1.54, 1.807) is 24.3 Å². The molecule has 2 heterocycles. The molecule has 0 atom stereocenters. The molecule has 0 saturated heterocycles. The van der Waals surface area contributed by atoms with Crippen LogP contribution in [0, 0.1) is 0 Å². The first-order valence-electron chi connectivity index (χ1n) is 19.0. The normalized spacial score (nSPS) is 12.7. The highest BCUT2D eigenvalue weighted by Crippen LogP contribution is 2.43. The lowest BCUT2D eigenvalue weighted by Crippen LogP contribution is -2.26. The van der Waals surface area contributed by atoms with E-state index in [4.69, 9.17) is 23.2 Å². The summed E-state index contributed by atoms with van der Waals surface area (Å²) in [5.41, 5.74) is 11.7. The number of H-pyrrole nitrogens is 2. The van der Waals surface area contributed by atoms with Crippen molar-refractivity contribution < 1.29 is 16.8 Å². The molecule has 58 heavy (non-hydrogen) atoms. The summed E-state index contributed by atoms with van der Waals surface area (Å²) in [5.74, 6) is -0.362. The van der Waals surface area contributed by atoms with Crippen LogP contribution in [0.15, 0.2) is 149 Å². The van der Waals surface area contributed by atoms with E-state index in [0.717, 1.165) is 56.3 Å². The van der Waals surface area contributed by atoms with Gasteiger partial charge in [-0.25, -0.2) is 26.3 Å². The summed E-state index contributed by atoms with van der Waals surface area (Å²) in [6.45, 7) is 0.302.